The van der Waals surface area contributed by atoms with Gasteiger partial charge in [0.15, 0.2) is 21.1 Å². The summed E-state index contributed by atoms with van der Waals surface area (Å²) in [6, 6.07) is 94.0. The van der Waals surface area contributed by atoms with E-state index in [0.29, 0.717) is 51.5 Å². The highest BCUT2D eigenvalue weighted by atomic mass is 15.4. The van der Waals surface area contributed by atoms with Gasteiger partial charge in [0.1, 0.15) is 17.1 Å². The Hall–Kier alpha value is -15.9. The number of hydrogen-bond acceptors (Lipinski definition) is 5. The molecule has 5 heterocycles. The third kappa shape index (κ3) is 21.1. The van der Waals surface area contributed by atoms with E-state index in [4.69, 9.17) is 15.8 Å². The first-order chi connectivity index (χ1) is 64.6. The molecule has 0 bridgehead atoms. The molecule has 5 aromatic heterocycles. The predicted octanol–water partition coefficient (Wildman–Crippen LogP) is 25.4. The predicted molar refractivity (Wildman–Crippen MR) is 545 cm³/mol. The van der Waals surface area contributed by atoms with Gasteiger partial charge in [-0.05, 0) is 290 Å². The van der Waals surface area contributed by atoms with Gasteiger partial charge in [0.25, 0.3) is 0 Å². The molecule has 15 nitrogen and oxygen atoms in total. The third-order valence-electron chi connectivity index (χ3n) is 25.8. The van der Waals surface area contributed by atoms with Gasteiger partial charge in [-0.3, -0.25) is 0 Å². The Morgan fingerprint density at radius 2 is 0.526 bits per heavy atom. The van der Waals surface area contributed by atoms with Crippen molar-refractivity contribution in [1.29, 1.82) is 26.3 Å². The fourth-order valence-corrected chi connectivity index (χ4v) is 18.5. The molecule has 17 rings (SSSR count). The molecule has 0 atom stereocenters. The smallest absolute Gasteiger partial charge is 0.192 e. The lowest BCUT2D eigenvalue weighted by atomic mass is 9.82. The van der Waals surface area contributed by atoms with Crippen molar-refractivity contribution < 1.29 is 23.4 Å². The molecule has 0 fully saturated rings. The van der Waals surface area contributed by atoms with Gasteiger partial charge >= 0.3 is 0 Å². The quantitative estimate of drug-likeness (QED) is 0.0878. The second-order valence-corrected chi connectivity index (χ2v) is 36.8. The topological polar surface area (TPSA) is 163 Å². The van der Waals surface area contributed by atoms with Gasteiger partial charge in [0.05, 0.1) is 130 Å². The number of nitriles is 5. The van der Waals surface area contributed by atoms with Gasteiger partial charge < -0.3 is 0 Å². The van der Waals surface area contributed by atoms with E-state index in [-0.39, 0.29) is 0 Å². The Balaban J connectivity index is 0.000000144. The maximum Gasteiger partial charge on any atom is 0.238 e. The molecule has 0 aliphatic carbocycles. The van der Waals surface area contributed by atoms with Gasteiger partial charge in [0.2, 0.25) is 42.4 Å². The number of rotatable bonds is 16. The molecule has 0 aliphatic rings. The Morgan fingerprint density at radius 3 is 0.844 bits per heavy atom. The maximum atomic E-state index is 9.28. The Labute approximate surface area is 798 Å². The number of aromatic nitrogens is 10. The van der Waals surface area contributed by atoms with Gasteiger partial charge in [-0.1, -0.05) is 216 Å². The molecule has 15 heteroatoms. The standard InChI is InChI=1S/C31H34N3.C26H24N3.C25H30N3.C20H20N3.C18H16N3/c1-20(2)27-16-26(25-11-9-8-10-12-25)17-28(21(3)4)31(27)29-19-34(33(7)23(29)6)30-14-13-24(18-32)15-22(30)5;1-18-12-21(15-27)10-11-25(18)29-17-24(16-28(29)4)26-19(2)13-23(14-20(26)3)22-8-6-5-7-9-22;1-16(2)21-9-8-10-22(17(3)4)25(21)23-15-28(27(7)19(23)6)24-12-11-20(14-26)13-18(24)5;1-14-6-5-7-15(2)20(14)18-12-22(4)23(13-18)19-9-8-17(11-21)10-16(19)3;1-14-10-15(11-19)8-9-18(14)21-13-17(12-20(21)2)16-6-4-3-5-7-16/h8-17,19-21H,1-7H3;5-14,16-17H,1-4H3;8-13,15-17H,1-7H3;5-10,12-13H,1-4H3;3-10,12-13H,1-2H3/q5*+1. The fraction of sp³-hybridized carbons (Fsp3) is 0.233. The van der Waals surface area contributed by atoms with Crippen molar-refractivity contribution in [3.63, 3.8) is 0 Å². The molecule has 0 amide bonds. The Bertz CT molecular complexity index is 7380. The highest BCUT2D eigenvalue weighted by molar-refractivity contribution is 5.81. The van der Waals surface area contributed by atoms with E-state index in [0.717, 1.165) is 56.3 Å². The van der Waals surface area contributed by atoms with Crippen molar-refractivity contribution in [2.24, 2.45) is 35.2 Å². The largest absolute Gasteiger partial charge is 0.238 e. The lowest BCUT2D eigenvalue weighted by Crippen LogP contribution is -2.39. The van der Waals surface area contributed by atoms with E-state index in [1.807, 2.05) is 157 Å². The van der Waals surface area contributed by atoms with Crippen LogP contribution in [0.2, 0.25) is 0 Å². The van der Waals surface area contributed by atoms with E-state index in [2.05, 4.69) is 379 Å². The summed E-state index contributed by atoms with van der Waals surface area (Å²) in [4.78, 5) is 0. The van der Waals surface area contributed by atoms with Crippen LogP contribution in [0.15, 0.2) is 292 Å². The van der Waals surface area contributed by atoms with Gasteiger partial charge in [-0.15, -0.1) is 28.1 Å². The summed E-state index contributed by atoms with van der Waals surface area (Å²) in [6.45, 7) is 41.5. The molecule has 0 radical (unpaired) electrons. The van der Waals surface area contributed by atoms with Crippen molar-refractivity contribution in [3.05, 3.63) is 404 Å². The van der Waals surface area contributed by atoms with E-state index in [1.165, 1.54) is 134 Å². The SMILES string of the molecule is Cc1cc(C#N)ccc1-[n+]1cc(-c2c(C(C)C)cc(-c3ccccc3)cc2C(C)C)c(C)n1C.Cc1cc(C#N)ccc1-[n+]1cc(-c2c(C(C)C)cccc2C(C)C)c(C)n1C.Cc1cc(C#N)ccc1-n1cc(-c2c(C)cc(-c3ccccc3)cc2C)c[n+]1C.Cc1cc(C#N)ccc1-n1cc(-c2c(C)cccc2C)c[n+]1C.Cc1cc(C#N)ccc1-n1cc(-c2ccccc2)c[n+]1C. The van der Waals surface area contributed by atoms with Gasteiger partial charge in [-0.2, -0.15) is 35.7 Å². The molecule has 0 spiro atoms. The number of benzene rings is 12. The van der Waals surface area contributed by atoms with Gasteiger partial charge in [0, 0.05) is 23.3 Å². The molecule has 0 unspecified atom stereocenters. The maximum absolute atomic E-state index is 9.28. The second-order valence-electron chi connectivity index (χ2n) is 36.8. The molecule has 12 aromatic carbocycles. The zero-order chi connectivity index (χ0) is 97.1. The van der Waals surface area contributed by atoms with Crippen LogP contribution < -0.4 is 23.4 Å². The van der Waals surface area contributed by atoms with Crippen LogP contribution in [0.1, 0.15) is 191 Å². The summed E-state index contributed by atoms with van der Waals surface area (Å²) in [5.74, 6) is 1.69. The van der Waals surface area contributed by atoms with Crippen LogP contribution in [0.3, 0.4) is 0 Å². The molecule has 17 aromatic rings. The van der Waals surface area contributed by atoms with Crippen LogP contribution in [-0.4, -0.2) is 23.4 Å². The third-order valence-corrected chi connectivity index (χ3v) is 25.8. The van der Waals surface area contributed by atoms with Gasteiger partial charge in [-0.25, -0.2) is 0 Å². The lowest BCUT2D eigenvalue weighted by Gasteiger charge is -2.21. The first kappa shape index (κ1) is 96.7. The molecule has 135 heavy (non-hydrogen) atoms. The first-order valence-corrected chi connectivity index (χ1v) is 46.3. The number of aryl methyl sites for hydroxylation is 12. The number of hydrogen-bond donors (Lipinski definition) is 0. The average Bonchev–Trinajstić information content (AvgIpc) is 1.65. The molecule has 0 aliphatic heterocycles. The number of nitrogens with zero attached hydrogens (tertiary/aromatic N) is 15. The Kier molecular flexibility index (Phi) is 30.2. The zero-order valence-corrected chi connectivity index (χ0v) is 82.7. The zero-order valence-electron chi connectivity index (χ0n) is 82.7. The second kappa shape index (κ2) is 42.1. The molecule has 0 N–H and O–H groups in total. The molecule has 674 valence electrons. The van der Waals surface area contributed by atoms with E-state index in [9.17, 15) is 10.5 Å². The van der Waals surface area contributed by atoms with Crippen molar-refractivity contribution in [1.82, 2.24) is 23.4 Å². The minimum atomic E-state index is 0.390. The summed E-state index contributed by atoms with van der Waals surface area (Å²) in [7, 11) is 10.3. The molecular formula is C120H124N15+5. The average molecular weight is 1780 g/mol. The highest BCUT2D eigenvalue weighted by Gasteiger charge is 2.31. The van der Waals surface area contributed by atoms with Crippen LogP contribution in [0.5, 0.6) is 0 Å². The monoisotopic (exact) mass is 1780 g/mol. The fourth-order valence-electron chi connectivity index (χ4n) is 18.5. The van der Waals surface area contributed by atoms with Crippen LogP contribution in [-0.2, 0) is 35.2 Å². The van der Waals surface area contributed by atoms with Crippen LogP contribution >= 0.6 is 0 Å². The van der Waals surface area contributed by atoms with Crippen LogP contribution in [0.4, 0.5) is 0 Å². The summed E-state index contributed by atoms with van der Waals surface area (Å²) in [5, 5.41) is 45.6. The van der Waals surface area contributed by atoms with Crippen molar-refractivity contribution >= 4 is 0 Å². The molecular weight excluding hydrogens is 1650 g/mol. The summed E-state index contributed by atoms with van der Waals surface area (Å²) in [5.41, 5.74) is 45.0. The summed E-state index contributed by atoms with van der Waals surface area (Å²) >= 11 is 0. The first-order valence-electron chi connectivity index (χ1n) is 46.3. The van der Waals surface area contributed by atoms with E-state index < -0.39 is 0 Å². The van der Waals surface area contributed by atoms with E-state index >= 15 is 0 Å². The normalized spacial score (nSPS) is 10.9. The Morgan fingerprint density at radius 1 is 0.244 bits per heavy atom. The van der Waals surface area contributed by atoms with E-state index in [1.54, 1.807) is 0 Å². The van der Waals surface area contributed by atoms with Crippen molar-refractivity contribution in [2.75, 3.05) is 0 Å². The highest BCUT2D eigenvalue weighted by Crippen LogP contribution is 2.43. The van der Waals surface area contributed by atoms with Crippen molar-refractivity contribution in [3.8, 4) is 137 Å². The van der Waals surface area contributed by atoms with Crippen LogP contribution in [0, 0.1) is 133 Å². The molecule has 0 saturated heterocycles. The summed E-state index contributed by atoms with van der Waals surface area (Å²) in [6.07, 6.45) is 17.4. The minimum absolute atomic E-state index is 0.390. The van der Waals surface area contributed by atoms with Crippen LogP contribution in [0.25, 0.3) is 106 Å². The van der Waals surface area contributed by atoms with Crippen molar-refractivity contribution in [2.45, 2.75) is 155 Å². The molecule has 0 saturated carbocycles. The lowest BCUT2D eigenvalue weighted by molar-refractivity contribution is -0.744. The minimum Gasteiger partial charge on any atom is -0.192 e. The summed E-state index contributed by atoms with van der Waals surface area (Å²) < 4.78 is 21.4.